The Hall–Kier alpha value is -4.16. The van der Waals surface area contributed by atoms with Crippen molar-refractivity contribution in [2.24, 2.45) is 0 Å². The van der Waals surface area contributed by atoms with E-state index in [0.29, 0.717) is 22.9 Å². The van der Waals surface area contributed by atoms with Crippen LogP contribution in [0.2, 0.25) is 0 Å². The minimum absolute atomic E-state index is 0.129. The second-order valence-corrected chi connectivity index (χ2v) is 10.6. The number of carbonyl (C=O) groups is 3. The Balaban J connectivity index is 1.72. The molecule has 39 heavy (non-hydrogen) atoms. The molecule has 4 atom stereocenters. The number of carbonyl (C=O) groups excluding carboxylic acids is 3. The molecule has 5 rings (SSSR count). The molecule has 1 fully saturated rings. The number of Topliss-reactive ketones (excluding diaryl/α,β-unsaturated/α-hetero) is 1. The number of benzene rings is 1. The number of hydrogen-bond donors (Lipinski definition) is 2. The highest BCUT2D eigenvalue weighted by Gasteiger charge is 2.44. The smallest absolute Gasteiger partial charge is 0.251 e. The molecule has 1 aromatic carbocycles. The lowest BCUT2D eigenvalue weighted by molar-refractivity contribution is -0.128. The van der Waals surface area contributed by atoms with E-state index < -0.39 is 18.1 Å². The van der Waals surface area contributed by atoms with Crippen molar-refractivity contribution in [2.75, 3.05) is 23.9 Å². The summed E-state index contributed by atoms with van der Waals surface area (Å²) in [7, 11) is 3.41. The summed E-state index contributed by atoms with van der Waals surface area (Å²) in [6.07, 6.45) is 9.74. The molecule has 0 aromatic heterocycles. The van der Waals surface area contributed by atoms with Crippen molar-refractivity contribution >= 4 is 29.0 Å². The van der Waals surface area contributed by atoms with Gasteiger partial charge in [0, 0.05) is 36.1 Å². The van der Waals surface area contributed by atoms with Crippen LogP contribution in [0.5, 0.6) is 0 Å². The van der Waals surface area contributed by atoms with Crippen molar-refractivity contribution in [3.8, 4) is 6.07 Å². The van der Waals surface area contributed by atoms with E-state index in [9.17, 15) is 19.6 Å². The second-order valence-electron chi connectivity index (χ2n) is 10.6. The molecule has 2 heterocycles. The Bertz CT molecular complexity index is 1400. The highest BCUT2D eigenvalue weighted by molar-refractivity contribution is 6.05. The summed E-state index contributed by atoms with van der Waals surface area (Å²) in [6, 6.07) is 8.09. The quantitative estimate of drug-likeness (QED) is 0.586. The van der Waals surface area contributed by atoms with E-state index in [4.69, 9.17) is 0 Å². The minimum Gasteiger partial charge on any atom is -0.364 e. The third kappa shape index (κ3) is 4.55. The van der Waals surface area contributed by atoms with Gasteiger partial charge in [-0.3, -0.25) is 14.4 Å². The van der Waals surface area contributed by atoms with E-state index in [-0.39, 0.29) is 23.6 Å². The van der Waals surface area contributed by atoms with Gasteiger partial charge in [-0.25, -0.2) is 0 Å². The molecule has 1 unspecified atom stereocenters. The van der Waals surface area contributed by atoms with Gasteiger partial charge in [0.25, 0.3) is 5.91 Å². The number of para-hydroxylation sites is 2. The van der Waals surface area contributed by atoms with Gasteiger partial charge >= 0.3 is 0 Å². The van der Waals surface area contributed by atoms with Crippen LogP contribution in [0.4, 0.5) is 11.4 Å². The summed E-state index contributed by atoms with van der Waals surface area (Å²) in [5, 5.41) is 15.7. The van der Waals surface area contributed by atoms with Crippen LogP contribution < -0.4 is 20.4 Å². The molecule has 2 aliphatic heterocycles. The third-order valence-corrected chi connectivity index (χ3v) is 8.07. The zero-order valence-corrected chi connectivity index (χ0v) is 22.9. The van der Waals surface area contributed by atoms with Gasteiger partial charge in [0.1, 0.15) is 6.04 Å². The van der Waals surface area contributed by atoms with Crippen molar-refractivity contribution in [3.05, 3.63) is 71.1 Å². The first-order valence-electron chi connectivity index (χ1n) is 13.4. The minimum atomic E-state index is -0.856. The van der Waals surface area contributed by atoms with Crippen molar-refractivity contribution < 1.29 is 14.4 Å². The maximum atomic E-state index is 13.8. The molecule has 0 saturated heterocycles. The van der Waals surface area contributed by atoms with Crippen LogP contribution in [-0.2, 0) is 14.4 Å². The lowest BCUT2D eigenvalue weighted by Gasteiger charge is -2.43. The number of likely N-dealkylation sites (N-methyl/N-ethyl adjacent to an activating group) is 2. The van der Waals surface area contributed by atoms with Crippen LogP contribution in [-0.4, -0.2) is 66.8 Å². The van der Waals surface area contributed by atoms with Crippen LogP contribution in [0.15, 0.2) is 71.1 Å². The summed E-state index contributed by atoms with van der Waals surface area (Å²) >= 11 is 0. The first-order chi connectivity index (χ1) is 18.7. The van der Waals surface area contributed by atoms with Crippen LogP contribution in [0.1, 0.15) is 33.6 Å². The largest absolute Gasteiger partial charge is 0.364 e. The lowest BCUT2D eigenvalue weighted by atomic mass is 9.83. The average molecular weight is 527 g/mol. The van der Waals surface area contributed by atoms with E-state index in [1.165, 1.54) is 6.92 Å². The van der Waals surface area contributed by atoms with Crippen molar-refractivity contribution in [1.82, 2.24) is 15.5 Å². The second kappa shape index (κ2) is 10.2. The standard InChI is InChI=1S/C30H34N6O3/c1-17(32-4)29(38)33-28-18(2)36(24-9-7-6-8-23(24)34(5)30(28)39)25-12-13-35(21-10-11-21)26-15-20(16-31)14-22(19(3)37)27(25)26/h6-9,12-15,17-18,21,26,28,32H,10-11H2,1-5H3,(H,33,38)/t17?,18-,26-,28-/m0/s1. The third-order valence-electron chi connectivity index (χ3n) is 8.07. The Morgan fingerprint density at radius 2 is 1.87 bits per heavy atom. The van der Waals surface area contributed by atoms with E-state index in [2.05, 4.69) is 26.5 Å². The van der Waals surface area contributed by atoms with Crippen molar-refractivity contribution in [2.45, 2.75) is 63.8 Å². The fourth-order valence-corrected chi connectivity index (χ4v) is 5.64. The molecule has 0 spiro atoms. The maximum absolute atomic E-state index is 13.8. The molecule has 0 radical (unpaired) electrons. The number of allylic oxidation sites excluding steroid dienone is 3. The first-order valence-corrected chi connectivity index (χ1v) is 13.4. The SMILES string of the molecule is CNC(C)C(=O)N[C@@H]1C(=O)N(C)c2ccccc2N(C2=C3C(C(C)=O)=CC(C#N)=C[C@@H]3N(C3CC3)C=C2)[C@H]1C. The molecule has 0 bridgehead atoms. The zero-order valence-electron chi connectivity index (χ0n) is 22.9. The van der Waals surface area contributed by atoms with Gasteiger partial charge in [-0.05, 0) is 71.0 Å². The highest BCUT2D eigenvalue weighted by Crippen LogP contribution is 2.44. The number of amides is 2. The van der Waals surface area contributed by atoms with Gasteiger partial charge < -0.3 is 25.3 Å². The molecule has 9 heteroatoms. The normalized spacial score (nSPS) is 25.2. The molecule has 4 aliphatic rings. The Morgan fingerprint density at radius 1 is 1.18 bits per heavy atom. The summed E-state index contributed by atoms with van der Waals surface area (Å²) < 4.78 is 0. The monoisotopic (exact) mass is 526 g/mol. The van der Waals surface area contributed by atoms with E-state index in [1.807, 2.05) is 49.5 Å². The number of anilines is 2. The Morgan fingerprint density at radius 3 is 2.49 bits per heavy atom. The van der Waals surface area contributed by atoms with Crippen LogP contribution in [0.3, 0.4) is 0 Å². The van der Waals surface area contributed by atoms with Gasteiger partial charge in [-0.15, -0.1) is 0 Å². The predicted octanol–water partition coefficient (Wildman–Crippen LogP) is 2.54. The Kier molecular flexibility index (Phi) is 6.91. The number of fused-ring (bicyclic) bond motifs is 2. The molecule has 202 valence electrons. The van der Waals surface area contributed by atoms with Gasteiger partial charge in [0.05, 0.1) is 41.1 Å². The molecule has 2 N–H and O–H groups in total. The molecule has 1 saturated carbocycles. The summed E-state index contributed by atoms with van der Waals surface area (Å²) in [4.78, 5) is 45.7. The fraction of sp³-hybridized carbons (Fsp3) is 0.400. The molecular formula is C30H34N6O3. The molecular weight excluding hydrogens is 492 g/mol. The number of nitriles is 1. The van der Waals surface area contributed by atoms with Gasteiger partial charge in [0.15, 0.2) is 5.78 Å². The van der Waals surface area contributed by atoms with E-state index >= 15 is 0 Å². The molecule has 9 nitrogen and oxygen atoms in total. The fourth-order valence-electron chi connectivity index (χ4n) is 5.64. The first kappa shape index (κ1) is 26.4. The number of nitrogens with zero attached hydrogens (tertiary/aromatic N) is 4. The molecule has 1 aromatic rings. The summed E-state index contributed by atoms with van der Waals surface area (Å²) in [5.74, 6) is -0.635. The number of nitrogens with one attached hydrogen (secondary N) is 2. The summed E-state index contributed by atoms with van der Waals surface area (Å²) in [6.45, 7) is 5.18. The number of hydrogen-bond acceptors (Lipinski definition) is 7. The highest BCUT2D eigenvalue weighted by atomic mass is 16.2. The van der Waals surface area contributed by atoms with Gasteiger partial charge in [0.2, 0.25) is 5.91 Å². The molecule has 2 aliphatic carbocycles. The number of ketones is 1. The number of rotatable bonds is 6. The van der Waals surface area contributed by atoms with Crippen LogP contribution in [0.25, 0.3) is 0 Å². The van der Waals surface area contributed by atoms with Crippen molar-refractivity contribution in [3.63, 3.8) is 0 Å². The maximum Gasteiger partial charge on any atom is 0.251 e. The lowest BCUT2D eigenvalue weighted by Crippen LogP contribution is -2.58. The Labute approximate surface area is 229 Å². The van der Waals surface area contributed by atoms with Crippen molar-refractivity contribution in [1.29, 1.82) is 5.26 Å². The topological polar surface area (TPSA) is 109 Å². The van der Waals surface area contributed by atoms with Crippen LogP contribution in [0, 0.1) is 11.3 Å². The van der Waals surface area contributed by atoms with E-state index in [1.54, 1.807) is 32.0 Å². The predicted molar refractivity (Wildman–Crippen MR) is 150 cm³/mol. The van der Waals surface area contributed by atoms with E-state index in [0.717, 1.165) is 29.8 Å². The zero-order chi connectivity index (χ0) is 28.0. The average Bonchev–Trinajstić information content (AvgIpc) is 3.79. The van der Waals surface area contributed by atoms with Gasteiger partial charge in [-0.1, -0.05) is 12.1 Å². The van der Waals surface area contributed by atoms with Gasteiger partial charge in [-0.2, -0.15) is 5.26 Å². The van der Waals surface area contributed by atoms with Crippen LogP contribution >= 0.6 is 0 Å². The molecule has 2 amide bonds. The summed E-state index contributed by atoms with van der Waals surface area (Å²) in [5.41, 5.74) is 4.02.